The third-order valence-corrected chi connectivity index (χ3v) is 7.24. The number of benzene rings is 1. The molecular formula is C28H41N7O5. The van der Waals surface area contributed by atoms with E-state index < -0.39 is 6.09 Å². The molecule has 1 fully saturated rings. The number of amides is 1. The standard InChI is InChI=1S/C28H41N7O5/c1-5-6-11-34(12-13-36)25-24-22(30-26(31-25)32-27(37)39-4)19-35(33-24)18-21-8-7-20(16-23(21)38-3)17-29-28(2)9-14-40-15-10-28/h7-8,16,19,29,36H,5-6,9-15,17-18H2,1-4H3,(H,30,32,37). The van der Waals surface area contributed by atoms with Gasteiger partial charge in [0.15, 0.2) is 11.3 Å². The third-order valence-electron chi connectivity index (χ3n) is 7.24. The Balaban J connectivity index is 1.60. The minimum Gasteiger partial charge on any atom is -0.496 e. The molecule has 4 rings (SSSR count). The number of aliphatic hydroxyl groups excluding tert-OH is 1. The Morgan fingerprint density at radius 1 is 1.23 bits per heavy atom. The second-order valence-corrected chi connectivity index (χ2v) is 10.3. The monoisotopic (exact) mass is 555 g/mol. The fourth-order valence-electron chi connectivity index (χ4n) is 4.76. The molecule has 12 nitrogen and oxygen atoms in total. The first kappa shape index (κ1) is 29.5. The zero-order chi connectivity index (χ0) is 28.5. The smallest absolute Gasteiger partial charge is 0.413 e. The summed E-state index contributed by atoms with van der Waals surface area (Å²) in [6.45, 7) is 8.14. The van der Waals surface area contributed by atoms with Gasteiger partial charge in [0.1, 0.15) is 11.3 Å². The van der Waals surface area contributed by atoms with Crippen molar-refractivity contribution in [2.75, 3.05) is 57.3 Å². The molecule has 1 saturated heterocycles. The summed E-state index contributed by atoms with van der Waals surface area (Å²) in [6, 6.07) is 6.23. The van der Waals surface area contributed by atoms with Crippen molar-refractivity contribution < 1.29 is 24.1 Å². The molecule has 3 N–H and O–H groups in total. The molecule has 0 atom stereocenters. The second kappa shape index (κ2) is 13.7. The Kier molecular flexibility index (Phi) is 10.1. The molecule has 1 aliphatic rings. The van der Waals surface area contributed by atoms with E-state index in [9.17, 15) is 9.90 Å². The lowest BCUT2D eigenvalue weighted by Gasteiger charge is -2.34. The highest BCUT2D eigenvalue weighted by molar-refractivity contribution is 5.89. The summed E-state index contributed by atoms with van der Waals surface area (Å²) in [5.41, 5.74) is 3.34. The fraction of sp³-hybridized carbons (Fsp3) is 0.571. The maximum absolute atomic E-state index is 11.9. The first-order valence-corrected chi connectivity index (χ1v) is 13.8. The summed E-state index contributed by atoms with van der Waals surface area (Å²) in [4.78, 5) is 22.9. The molecule has 0 spiro atoms. The van der Waals surface area contributed by atoms with Gasteiger partial charge in [-0.15, -0.1) is 0 Å². The van der Waals surface area contributed by atoms with Gasteiger partial charge in [0.2, 0.25) is 5.95 Å². The van der Waals surface area contributed by atoms with E-state index in [4.69, 9.17) is 19.3 Å². The Morgan fingerprint density at radius 2 is 2.02 bits per heavy atom. The lowest BCUT2D eigenvalue weighted by Crippen LogP contribution is -2.46. The van der Waals surface area contributed by atoms with Crippen LogP contribution in [0.15, 0.2) is 24.4 Å². The number of methoxy groups -OCH3 is 2. The molecule has 0 unspecified atom stereocenters. The number of rotatable bonds is 13. The van der Waals surface area contributed by atoms with Crippen molar-refractivity contribution in [2.24, 2.45) is 0 Å². The first-order chi connectivity index (χ1) is 19.4. The third kappa shape index (κ3) is 7.38. The van der Waals surface area contributed by atoms with Crippen LogP contribution >= 0.6 is 0 Å². The molecule has 3 heterocycles. The molecule has 1 aromatic carbocycles. The van der Waals surface area contributed by atoms with E-state index >= 15 is 0 Å². The molecule has 0 bridgehead atoms. The van der Waals surface area contributed by atoms with E-state index in [0.717, 1.165) is 62.3 Å². The van der Waals surface area contributed by atoms with Crippen LogP contribution < -0.4 is 20.3 Å². The molecule has 218 valence electrons. The Bertz CT molecular complexity index is 1280. The predicted octanol–water partition coefficient (Wildman–Crippen LogP) is 3.32. The van der Waals surface area contributed by atoms with Gasteiger partial charge < -0.3 is 29.5 Å². The fourth-order valence-corrected chi connectivity index (χ4v) is 4.76. The van der Waals surface area contributed by atoms with Crippen molar-refractivity contribution in [1.29, 1.82) is 0 Å². The number of nitrogens with one attached hydrogen (secondary N) is 2. The number of aliphatic hydroxyl groups is 1. The van der Waals surface area contributed by atoms with Crippen LogP contribution in [0.25, 0.3) is 11.0 Å². The van der Waals surface area contributed by atoms with Gasteiger partial charge in [-0.1, -0.05) is 25.5 Å². The zero-order valence-electron chi connectivity index (χ0n) is 23.9. The topological polar surface area (TPSA) is 136 Å². The van der Waals surface area contributed by atoms with E-state index in [0.29, 0.717) is 36.5 Å². The van der Waals surface area contributed by atoms with Crippen LogP contribution in [0.2, 0.25) is 0 Å². The average molecular weight is 556 g/mol. The lowest BCUT2D eigenvalue weighted by atomic mass is 9.92. The SMILES string of the molecule is CCCCN(CCO)c1nc(NC(=O)OC)nc2cn(Cc3ccc(CNC4(C)CCOCC4)cc3OC)nc12. The summed E-state index contributed by atoms with van der Waals surface area (Å²) >= 11 is 0. The molecule has 1 aliphatic heterocycles. The van der Waals surface area contributed by atoms with Gasteiger partial charge in [-0.25, -0.2) is 9.78 Å². The van der Waals surface area contributed by atoms with Gasteiger partial charge in [-0.05, 0) is 37.8 Å². The van der Waals surface area contributed by atoms with Gasteiger partial charge in [0, 0.05) is 44.0 Å². The number of nitrogens with zero attached hydrogens (tertiary/aromatic N) is 5. The number of aromatic nitrogens is 4. The summed E-state index contributed by atoms with van der Waals surface area (Å²) in [6.07, 6.45) is 5.04. The molecule has 40 heavy (non-hydrogen) atoms. The number of carbonyl (C=O) groups excluding carboxylic acids is 1. The molecule has 1 amide bonds. The first-order valence-electron chi connectivity index (χ1n) is 13.8. The number of fused-ring (bicyclic) bond motifs is 1. The maximum Gasteiger partial charge on any atom is 0.413 e. The molecule has 2 aromatic heterocycles. The highest BCUT2D eigenvalue weighted by Crippen LogP contribution is 2.27. The quantitative estimate of drug-likeness (QED) is 0.288. The van der Waals surface area contributed by atoms with Crippen molar-refractivity contribution in [3.05, 3.63) is 35.5 Å². The Hall–Kier alpha value is -3.48. The average Bonchev–Trinajstić information content (AvgIpc) is 3.37. The predicted molar refractivity (Wildman–Crippen MR) is 153 cm³/mol. The van der Waals surface area contributed by atoms with Crippen LogP contribution in [0, 0.1) is 0 Å². The van der Waals surface area contributed by atoms with Crippen molar-refractivity contribution in [1.82, 2.24) is 25.1 Å². The van der Waals surface area contributed by atoms with Gasteiger partial charge in [0.25, 0.3) is 0 Å². The Labute approximate surface area is 235 Å². The number of hydrogen-bond acceptors (Lipinski definition) is 10. The van der Waals surface area contributed by atoms with E-state index in [2.05, 4.69) is 52.6 Å². The number of anilines is 2. The highest BCUT2D eigenvalue weighted by atomic mass is 16.5. The summed E-state index contributed by atoms with van der Waals surface area (Å²) in [5, 5.41) is 20.8. The molecule has 0 radical (unpaired) electrons. The van der Waals surface area contributed by atoms with Gasteiger partial charge in [-0.3, -0.25) is 10.00 Å². The van der Waals surface area contributed by atoms with E-state index in [-0.39, 0.29) is 18.1 Å². The van der Waals surface area contributed by atoms with Crippen LogP contribution in [0.5, 0.6) is 5.75 Å². The van der Waals surface area contributed by atoms with E-state index in [1.807, 2.05) is 11.1 Å². The van der Waals surface area contributed by atoms with Crippen molar-refractivity contribution in [3.63, 3.8) is 0 Å². The normalized spacial score (nSPS) is 14.7. The minimum absolute atomic E-state index is 0.0407. The molecule has 0 aliphatic carbocycles. The minimum atomic E-state index is -0.662. The lowest BCUT2D eigenvalue weighted by molar-refractivity contribution is 0.0446. The highest BCUT2D eigenvalue weighted by Gasteiger charge is 2.26. The van der Waals surface area contributed by atoms with Crippen molar-refractivity contribution in [2.45, 2.75) is 58.2 Å². The van der Waals surface area contributed by atoms with Gasteiger partial charge in [-0.2, -0.15) is 10.1 Å². The zero-order valence-corrected chi connectivity index (χ0v) is 23.9. The summed E-state index contributed by atoms with van der Waals surface area (Å²) in [7, 11) is 2.95. The van der Waals surface area contributed by atoms with Crippen molar-refractivity contribution >= 4 is 28.9 Å². The van der Waals surface area contributed by atoms with Crippen LogP contribution in [-0.4, -0.2) is 83.6 Å². The second-order valence-electron chi connectivity index (χ2n) is 10.3. The molecule has 3 aromatic rings. The van der Waals surface area contributed by atoms with E-state index in [1.165, 1.54) is 7.11 Å². The number of unbranched alkanes of at least 4 members (excludes halogenated alkanes) is 1. The number of carbonyl (C=O) groups is 1. The maximum atomic E-state index is 11.9. The molecule has 0 saturated carbocycles. The molecular weight excluding hydrogens is 514 g/mol. The summed E-state index contributed by atoms with van der Waals surface area (Å²) < 4.78 is 17.8. The van der Waals surface area contributed by atoms with E-state index in [1.54, 1.807) is 11.8 Å². The number of ether oxygens (including phenoxy) is 3. The van der Waals surface area contributed by atoms with Crippen LogP contribution in [0.3, 0.4) is 0 Å². The van der Waals surface area contributed by atoms with Gasteiger partial charge in [0.05, 0.1) is 33.6 Å². The largest absolute Gasteiger partial charge is 0.496 e. The summed E-state index contributed by atoms with van der Waals surface area (Å²) in [5.74, 6) is 1.44. The van der Waals surface area contributed by atoms with Gasteiger partial charge >= 0.3 is 6.09 Å². The van der Waals surface area contributed by atoms with Crippen LogP contribution in [0.1, 0.15) is 50.7 Å². The number of hydrogen-bond donors (Lipinski definition) is 3. The van der Waals surface area contributed by atoms with Crippen LogP contribution in [0.4, 0.5) is 16.6 Å². The van der Waals surface area contributed by atoms with Crippen molar-refractivity contribution in [3.8, 4) is 5.75 Å². The Morgan fingerprint density at radius 3 is 2.73 bits per heavy atom. The van der Waals surface area contributed by atoms with Crippen LogP contribution in [-0.2, 0) is 22.6 Å². The molecule has 12 heteroatoms.